The molecule has 0 aromatic heterocycles. The van der Waals surface area contributed by atoms with Crippen LogP contribution in [-0.2, 0) is 20.9 Å². The molecule has 1 aromatic rings. The van der Waals surface area contributed by atoms with Crippen LogP contribution < -0.4 is 4.74 Å². The van der Waals surface area contributed by atoms with E-state index >= 15 is 0 Å². The SMILES string of the molecule is COc1cccc(COC(=O)CCC(=O)O)c1. The van der Waals surface area contributed by atoms with Gasteiger partial charge in [-0.2, -0.15) is 0 Å². The molecule has 1 aromatic carbocycles. The second kappa shape index (κ2) is 6.52. The molecule has 0 aliphatic carbocycles. The fourth-order valence-corrected chi connectivity index (χ4v) is 1.21. The van der Waals surface area contributed by atoms with Gasteiger partial charge in [-0.25, -0.2) is 0 Å². The van der Waals surface area contributed by atoms with Gasteiger partial charge >= 0.3 is 11.9 Å². The van der Waals surface area contributed by atoms with Crippen molar-refractivity contribution in [3.63, 3.8) is 0 Å². The van der Waals surface area contributed by atoms with Gasteiger partial charge in [0, 0.05) is 0 Å². The van der Waals surface area contributed by atoms with Crippen LogP contribution in [0.1, 0.15) is 18.4 Å². The number of benzene rings is 1. The average molecular weight is 238 g/mol. The highest BCUT2D eigenvalue weighted by Gasteiger charge is 2.06. The van der Waals surface area contributed by atoms with E-state index in [0.717, 1.165) is 5.56 Å². The van der Waals surface area contributed by atoms with Crippen LogP contribution in [0.2, 0.25) is 0 Å². The molecule has 17 heavy (non-hydrogen) atoms. The van der Waals surface area contributed by atoms with Gasteiger partial charge in [0.2, 0.25) is 0 Å². The molecule has 0 fully saturated rings. The Labute approximate surface area is 99.0 Å². The molecule has 0 aliphatic rings. The molecule has 5 heteroatoms. The summed E-state index contributed by atoms with van der Waals surface area (Å²) in [5.74, 6) is -0.845. The molecule has 0 bridgehead atoms. The van der Waals surface area contributed by atoms with Crippen molar-refractivity contribution in [2.24, 2.45) is 0 Å². The molecule has 0 aliphatic heterocycles. The van der Waals surface area contributed by atoms with Crippen molar-refractivity contribution in [1.82, 2.24) is 0 Å². The summed E-state index contributed by atoms with van der Waals surface area (Å²) in [6, 6.07) is 7.13. The summed E-state index contributed by atoms with van der Waals surface area (Å²) < 4.78 is 9.94. The smallest absolute Gasteiger partial charge is 0.306 e. The summed E-state index contributed by atoms with van der Waals surface area (Å²) in [4.78, 5) is 21.4. The normalized spacial score (nSPS) is 9.71. The van der Waals surface area contributed by atoms with E-state index in [9.17, 15) is 9.59 Å². The largest absolute Gasteiger partial charge is 0.497 e. The summed E-state index contributed by atoms with van der Waals surface area (Å²) in [7, 11) is 1.55. The minimum atomic E-state index is -1.01. The van der Waals surface area contributed by atoms with E-state index in [-0.39, 0.29) is 19.4 Å². The molecular formula is C12H14O5. The third-order valence-corrected chi connectivity index (χ3v) is 2.08. The van der Waals surface area contributed by atoms with Crippen molar-refractivity contribution in [3.8, 4) is 5.75 Å². The minimum absolute atomic E-state index is 0.112. The van der Waals surface area contributed by atoms with Gasteiger partial charge in [0.15, 0.2) is 0 Å². The maximum absolute atomic E-state index is 11.2. The number of hydrogen-bond donors (Lipinski definition) is 1. The Balaban J connectivity index is 2.39. The summed E-state index contributed by atoms with van der Waals surface area (Å²) in [6.45, 7) is 0.121. The maximum atomic E-state index is 11.2. The fraction of sp³-hybridized carbons (Fsp3) is 0.333. The van der Waals surface area contributed by atoms with Crippen LogP contribution in [0.15, 0.2) is 24.3 Å². The molecule has 0 heterocycles. The first-order valence-corrected chi connectivity index (χ1v) is 5.12. The summed E-state index contributed by atoms with van der Waals surface area (Å²) in [6.07, 6.45) is -0.323. The average Bonchev–Trinajstić information content (AvgIpc) is 2.34. The molecule has 0 atom stereocenters. The van der Waals surface area contributed by atoms with E-state index in [1.807, 2.05) is 0 Å². The molecule has 0 saturated heterocycles. The van der Waals surface area contributed by atoms with Crippen LogP contribution in [-0.4, -0.2) is 24.2 Å². The summed E-state index contributed by atoms with van der Waals surface area (Å²) in [5, 5.41) is 8.39. The number of carbonyl (C=O) groups excluding carboxylic acids is 1. The summed E-state index contributed by atoms with van der Waals surface area (Å²) in [5.41, 5.74) is 0.799. The predicted octanol–water partition coefficient (Wildman–Crippen LogP) is 1.60. The maximum Gasteiger partial charge on any atom is 0.306 e. The minimum Gasteiger partial charge on any atom is -0.497 e. The number of hydrogen-bond acceptors (Lipinski definition) is 4. The van der Waals surface area contributed by atoms with Gasteiger partial charge in [-0.3, -0.25) is 9.59 Å². The zero-order valence-corrected chi connectivity index (χ0v) is 9.51. The lowest BCUT2D eigenvalue weighted by Crippen LogP contribution is -2.07. The predicted molar refractivity (Wildman–Crippen MR) is 59.7 cm³/mol. The van der Waals surface area contributed by atoms with Crippen molar-refractivity contribution < 1.29 is 24.2 Å². The topological polar surface area (TPSA) is 72.8 Å². The van der Waals surface area contributed by atoms with Gasteiger partial charge in [0.05, 0.1) is 20.0 Å². The van der Waals surface area contributed by atoms with E-state index < -0.39 is 11.9 Å². The quantitative estimate of drug-likeness (QED) is 0.762. The molecule has 0 saturated carbocycles. The van der Waals surface area contributed by atoms with Crippen LogP contribution in [0.5, 0.6) is 5.75 Å². The summed E-state index contributed by atoms with van der Waals surface area (Å²) >= 11 is 0. The highest BCUT2D eigenvalue weighted by Crippen LogP contribution is 2.13. The second-order valence-corrected chi connectivity index (χ2v) is 3.41. The van der Waals surface area contributed by atoms with E-state index in [1.165, 1.54) is 0 Å². The number of esters is 1. The zero-order valence-electron chi connectivity index (χ0n) is 9.51. The second-order valence-electron chi connectivity index (χ2n) is 3.41. The first-order chi connectivity index (χ1) is 8.11. The van der Waals surface area contributed by atoms with Crippen molar-refractivity contribution in [2.75, 3.05) is 7.11 Å². The van der Waals surface area contributed by atoms with Gasteiger partial charge in [-0.15, -0.1) is 0 Å². The van der Waals surface area contributed by atoms with Gasteiger partial charge < -0.3 is 14.6 Å². The van der Waals surface area contributed by atoms with Crippen LogP contribution in [0.4, 0.5) is 0 Å². The highest BCUT2D eigenvalue weighted by molar-refractivity contribution is 5.76. The lowest BCUT2D eigenvalue weighted by Gasteiger charge is -2.05. The molecule has 0 radical (unpaired) electrons. The van der Waals surface area contributed by atoms with Crippen LogP contribution in [0.3, 0.4) is 0 Å². The fourth-order valence-electron chi connectivity index (χ4n) is 1.21. The molecule has 1 rings (SSSR count). The molecule has 92 valence electrons. The van der Waals surface area contributed by atoms with Crippen molar-refractivity contribution >= 4 is 11.9 Å². The first kappa shape index (κ1) is 13.0. The Hall–Kier alpha value is -2.04. The Morgan fingerprint density at radius 3 is 2.71 bits per heavy atom. The number of rotatable bonds is 6. The molecular weight excluding hydrogens is 224 g/mol. The van der Waals surface area contributed by atoms with E-state index in [1.54, 1.807) is 31.4 Å². The Morgan fingerprint density at radius 2 is 2.06 bits per heavy atom. The van der Waals surface area contributed by atoms with E-state index in [2.05, 4.69) is 0 Å². The van der Waals surface area contributed by atoms with Crippen LogP contribution in [0.25, 0.3) is 0 Å². The van der Waals surface area contributed by atoms with Crippen molar-refractivity contribution in [3.05, 3.63) is 29.8 Å². The zero-order chi connectivity index (χ0) is 12.7. The monoisotopic (exact) mass is 238 g/mol. The lowest BCUT2D eigenvalue weighted by atomic mass is 10.2. The first-order valence-electron chi connectivity index (χ1n) is 5.12. The molecule has 5 nitrogen and oxygen atoms in total. The number of carboxylic acid groups (broad SMARTS) is 1. The number of ether oxygens (including phenoxy) is 2. The van der Waals surface area contributed by atoms with Crippen molar-refractivity contribution in [2.45, 2.75) is 19.4 Å². The van der Waals surface area contributed by atoms with Gasteiger partial charge in [0.1, 0.15) is 12.4 Å². The van der Waals surface area contributed by atoms with Gasteiger partial charge in [-0.05, 0) is 17.7 Å². The third-order valence-electron chi connectivity index (χ3n) is 2.08. The molecule has 1 N–H and O–H groups in total. The number of methoxy groups -OCH3 is 1. The molecule has 0 spiro atoms. The van der Waals surface area contributed by atoms with Crippen LogP contribution >= 0.6 is 0 Å². The lowest BCUT2D eigenvalue weighted by molar-refractivity contribution is -0.148. The number of carbonyl (C=O) groups is 2. The van der Waals surface area contributed by atoms with E-state index in [0.29, 0.717) is 5.75 Å². The Kier molecular flexibility index (Phi) is 5.00. The Bertz CT molecular complexity index is 400. The number of aliphatic carboxylic acids is 1. The highest BCUT2D eigenvalue weighted by atomic mass is 16.5. The van der Waals surface area contributed by atoms with Gasteiger partial charge in [-0.1, -0.05) is 12.1 Å². The van der Waals surface area contributed by atoms with E-state index in [4.69, 9.17) is 14.6 Å². The van der Waals surface area contributed by atoms with Crippen molar-refractivity contribution in [1.29, 1.82) is 0 Å². The number of carboxylic acids is 1. The Morgan fingerprint density at radius 1 is 1.29 bits per heavy atom. The van der Waals surface area contributed by atoms with Gasteiger partial charge in [0.25, 0.3) is 0 Å². The molecule has 0 unspecified atom stereocenters. The third kappa shape index (κ3) is 5.01. The van der Waals surface area contributed by atoms with Crippen LogP contribution in [0, 0.1) is 0 Å². The standard InChI is InChI=1S/C12H14O5/c1-16-10-4-2-3-9(7-10)8-17-12(15)6-5-11(13)14/h2-4,7H,5-6,8H2,1H3,(H,13,14). The molecule has 0 amide bonds.